The Hall–Kier alpha value is -1.26. The molecule has 1 N–H and O–H groups in total. The molecule has 19 heavy (non-hydrogen) atoms. The second-order valence-electron chi connectivity index (χ2n) is 6.13. The molecule has 0 bridgehead atoms. The molecule has 0 aromatic carbocycles. The molecule has 1 rings (SSSR count). The van der Waals surface area contributed by atoms with Gasteiger partial charge in [0.2, 0.25) is 0 Å². The Labute approximate surface area is 115 Å². The summed E-state index contributed by atoms with van der Waals surface area (Å²) in [4.78, 5) is 23.7. The first-order valence-corrected chi connectivity index (χ1v) is 6.84. The summed E-state index contributed by atoms with van der Waals surface area (Å²) in [6.07, 6.45) is 3.11. The second-order valence-corrected chi connectivity index (χ2v) is 6.13. The van der Waals surface area contributed by atoms with Crippen LogP contribution in [0.4, 0.5) is 4.79 Å². The molecule has 5 heteroatoms. The van der Waals surface area contributed by atoms with Gasteiger partial charge in [-0.25, -0.2) is 9.59 Å². The van der Waals surface area contributed by atoms with Gasteiger partial charge >= 0.3 is 12.1 Å². The molecule has 0 saturated heterocycles. The number of hydrogen-bond donors (Lipinski definition) is 1. The van der Waals surface area contributed by atoms with Crippen LogP contribution in [0.3, 0.4) is 0 Å². The molecule has 0 aliphatic heterocycles. The van der Waals surface area contributed by atoms with E-state index in [0.29, 0.717) is 6.42 Å². The number of esters is 1. The van der Waals surface area contributed by atoms with Crippen LogP contribution in [0.25, 0.3) is 0 Å². The van der Waals surface area contributed by atoms with Gasteiger partial charge in [-0.05, 0) is 39.5 Å². The van der Waals surface area contributed by atoms with E-state index in [4.69, 9.17) is 9.47 Å². The van der Waals surface area contributed by atoms with Crippen molar-refractivity contribution in [3.8, 4) is 0 Å². The molecule has 1 amide bonds. The number of carbonyl (C=O) groups excluding carboxylic acids is 2. The third kappa shape index (κ3) is 4.11. The topological polar surface area (TPSA) is 64.6 Å². The lowest BCUT2D eigenvalue weighted by molar-refractivity contribution is -0.144. The molecule has 110 valence electrons. The first kappa shape index (κ1) is 15.8. The summed E-state index contributed by atoms with van der Waals surface area (Å²) in [6, 6.07) is 0. The maximum atomic E-state index is 11.9. The normalized spacial score (nSPS) is 25.6. The summed E-state index contributed by atoms with van der Waals surface area (Å²) < 4.78 is 10.0. The Morgan fingerprint density at radius 1 is 1.37 bits per heavy atom. The third-order valence-electron chi connectivity index (χ3n) is 3.28. The smallest absolute Gasteiger partial charge is 0.408 e. The molecule has 1 aliphatic carbocycles. The van der Waals surface area contributed by atoms with Crippen LogP contribution in [-0.4, -0.2) is 30.3 Å². The predicted octanol–water partition coefficient (Wildman–Crippen LogP) is 2.63. The largest absolute Gasteiger partial charge is 0.467 e. The van der Waals surface area contributed by atoms with Crippen molar-refractivity contribution in [2.24, 2.45) is 5.92 Å². The fourth-order valence-electron chi connectivity index (χ4n) is 2.25. The van der Waals surface area contributed by atoms with Gasteiger partial charge in [0.05, 0.1) is 7.11 Å². The van der Waals surface area contributed by atoms with E-state index in [-0.39, 0.29) is 11.9 Å². The monoisotopic (exact) mass is 271 g/mol. The Morgan fingerprint density at radius 3 is 2.47 bits per heavy atom. The Balaban J connectivity index is 2.63. The lowest BCUT2D eigenvalue weighted by atomic mass is 10.1. The van der Waals surface area contributed by atoms with Crippen LogP contribution in [0.15, 0.2) is 0 Å². The van der Waals surface area contributed by atoms with Gasteiger partial charge < -0.3 is 14.8 Å². The van der Waals surface area contributed by atoms with Crippen molar-refractivity contribution < 1.29 is 19.1 Å². The van der Waals surface area contributed by atoms with E-state index in [2.05, 4.69) is 12.2 Å². The van der Waals surface area contributed by atoms with Gasteiger partial charge in [-0.1, -0.05) is 19.8 Å². The molecule has 0 spiro atoms. The second kappa shape index (κ2) is 5.80. The van der Waals surface area contributed by atoms with E-state index >= 15 is 0 Å². The Kier molecular flexibility index (Phi) is 4.82. The van der Waals surface area contributed by atoms with Crippen LogP contribution in [0.2, 0.25) is 0 Å². The van der Waals surface area contributed by atoms with Gasteiger partial charge in [-0.3, -0.25) is 0 Å². The van der Waals surface area contributed by atoms with E-state index in [1.165, 1.54) is 7.11 Å². The van der Waals surface area contributed by atoms with E-state index in [9.17, 15) is 9.59 Å². The number of nitrogens with one attached hydrogen (secondary N) is 1. The molecule has 1 fully saturated rings. The molecule has 1 aliphatic rings. The maximum Gasteiger partial charge on any atom is 0.408 e. The SMILES string of the molecule is CCCCC1CC1(NC(=O)OC(C)(C)C)C(=O)OC. The van der Waals surface area contributed by atoms with Crippen LogP contribution in [0.5, 0.6) is 0 Å². The van der Waals surface area contributed by atoms with Crippen molar-refractivity contribution in [1.82, 2.24) is 5.32 Å². The highest BCUT2D eigenvalue weighted by Gasteiger charge is 2.62. The van der Waals surface area contributed by atoms with Crippen molar-refractivity contribution in [1.29, 1.82) is 0 Å². The number of unbranched alkanes of at least 4 members (excludes halogenated alkanes) is 1. The number of methoxy groups -OCH3 is 1. The van der Waals surface area contributed by atoms with E-state index in [1.54, 1.807) is 20.8 Å². The molecular formula is C14H25NO4. The highest BCUT2D eigenvalue weighted by molar-refractivity contribution is 5.89. The van der Waals surface area contributed by atoms with Crippen molar-refractivity contribution in [2.45, 2.75) is 64.5 Å². The van der Waals surface area contributed by atoms with Crippen LogP contribution < -0.4 is 5.32 Å². The molecule has 0 heterocycles. The van der Waals surface area contributed by atoms with Crippen molar-refractivity contribution in [3.63, 3.8) is 0 Å². The molecule has 5 nitrogen and oxygen atoms in total. The Morgan fingerprint density at radius 2 is 2.00 bits per heavy atom. The third-order valence-corrected chi connectivity index (χ3v) is 3.28. The number of carbonyl (C=O) groups is 2. The minimum absolute atomic E-state index is 0.160. The standard InChI is InChI=1S/C14H25NO4/c1-6-7-8-10-9-14(10,11(16)18-5)15-12(17)19-13(2,3)4/h10H,6-9H2,1-5H3,(H,15,17). The van der Waals surface area contributed by atoms with Gasteiger partial charge in [0, 0.05) is 0 Å². The van der Waals surface area contributed by atoms with Gasteiger partial charge in [-0.2, -0.15) is 0 Å². The number of ether oxygens (including phenoxy) is 2. The lowest BCUT2D eigenvalue weighted by Crippen LogP contribution is -2.47. The van der Waals surface area contributed by atoms with Crippen LogP contribution >= 0.6 is 0 Å². The minimum Gasteiger partial charge on any atom is -0.467 e. The fraction of sp³-hybridized carbons (Fsp3) is 0.857. The zero-order chi connectivity index (χ0) is 14.7. The minimum atomic E-state index is -0.869. The van der Waals surface area contributed by atoms with Crippen molar-refractivity contribution in [3.05, 3.63) is 0 Å². The highest BCUT2D eigenvalue weighted by Crippen LogP contribution is 2.47. The fourth-order valence-corrected chi connectivity index (χ4v) is 2.25. The van der Waals surface area contributed by atoms with Crippen molar-refractivity contribution in [2.75, 3.05) is 7.11 Å². The van der Waals surface area contributed by atoms with E-state index in [0.717, 1.165) is 19.3 Å². The Bertz CT molecular complexity index is 348. The zero-order valence-electron chi connectivity index (χ0n) is 12.5. The van der Waals surface area contributed by atoms with Crippen LogP contribution in [-0.2, 0) is 14.3 Å². The summed E-state index contributed by atoms with van der Waals surface area (Å²) in [7, 11) is 1.34. The van der Waals surface area contributed by atoms with Crippen LogP contribution in [0.1, 0.15) is 53.4 Å². The average Bonchev–Trinajstić information content (AvgIpc) is 2.97. The molecule has 2 unspecified atom stereocenters. The maximum absolute atomic E-state index is 11.9. The summed E-state index contributed by atoms with van der Waals surface area (Å²) >= 11 is 0. The molecule has 0 aromatic heterocycles. The quantitative estimate of drug-likeness (QED) is 0.781. The summed E-state index contributed by atoms with van der Waals surface area (Å²) in [5.41, 5.74) is -1.44. The summed E-state index contributed by atoms with van der Waals surface area (Å²) in [5.74, 6) is -0.216. The first-order valence-electron chi connectivity index (χ1n) is 6.84. The van der Waals surface area contributed by atoms with Crippen LogP contribution in [0, 0.1) is 5.92 Å². The number of amides is 1. The summed E-state index contributed by atoms with van der Waals surface area (Å²) in [6.45, 7) is 7.47. The summed E-state index contributed by atoms with van der Waals surface area (Å²) in [5, 5.41) is 2.70. The average molecular weight is 271 g/mol. The van der Waals surface area contributed by atoms with E-state index < -0.39 is 17.2 Å². The van der Waals surface area contributed by atoms with Gasteiger partial charge in [0.15, 0.2) is 0 Å². The first-order chi connectivity index (χ1) is 8.75. The zero-order valence-corrected chi connectivity index (χ0v) is 12.5. The van der Waals surface area contributed by atoms with Gasteiger partial charge in [-0.15, -0.1) is 0 Å². The van der Waals surface area contributed by atoms with Crippen molar-refractivity contribution >= 4 is 12.1 Å². The number of hydrogen-bond acceptors (Lipinski definition) is 4. The number of rotatable bonds is 5. The highest BCUT2D eigenvalue weighted by atomic mass is 16.6. The lowest BCUT2D eigenvalue weighted by Gasteiger charge is -2.23. The molecule has 2 atom stereocenters. The molecule has 1 saturated carbocycles. The predicted molar refractivity (Wildman–Crippen MR) is 71.7 cm³/mol. The molecule has 0 radical (unpaired) electrons. The van der Waals surface area contributed by atoms with Gasteiger partial charge in [0.25, 0.3) is 0 Å². The molecular weight excluding hydrogens is 246 g/mol. The molecule has 0 aromatic rings. The van der Waals surface area contributed by atoms with Gasteiger partial charge in [0.1, 0.15) is 11.1 Å². The number of alkyl carbamates (subject to hydrolysis) is 1. The van der Waals surface area contributed by atoms with E-state index in [1.807, 2.05) is 0 Å².